The van der Waals surface area contributed by atoms with Gasteiger partial charge in [0.15, 0.2) is 11.5 Å². The first kappa shape index (κ1) is 10.9. The van der Waals surface area contributed by atoms with Crippen LogP contribution in [0.3, 0.4) is 0 Å². The predicted molar refractivity (Wildman–Crippen MR) is 61.8 cm³/mol. The zero-order chi connectivity index (χ0) is 12.5. The van der Waals surface area contributed by atoms with Gasteiger partial charge >= 0.3 is 0 Å². The number of hydrogen-bond donors (Lipinski definition) is 0. The number of likely N-dealkylation sites (tertiary alicyclic amines) is 1. The van der Waals surface area contributed by atoms with Crippen LogP contribution in [0.4, 0.5) is 0 Å². The first-order valence-corrected chi connectivity index (χ1v) is 5.85. The molecule has 2 heterocycles. The standard InChI is InChI=1S/C13H12N2O3/c14-6-10-2-4-13(16)15(10)7-9-1-3-11-12(5-9)18-8-17-11/h1,3,5,10H,2,4,7-8H2. The summed E-state index contributed by atoms with van der Waals surface area (Å²) in [4.78, 5) is 13.3. The summed E-state index contributed by atoms with van der Waals surface area (Å²) in [5.41, 5.74) is 0.953. The Morgan fingerprint density at radius 2 is 2.22 bits per heavy atom. The monoisotopic (exact) mass is 244 g/mol. The van der Waals surface area contributed by atoms with Crippen molar-refractivity contribution in [3.63, 3.8) is 0 Å². The van der Waals surface area contributed by atoms with Gasteiger partial charge in [0.05, 0.1) is 6.07 Å². The van der Waals surface area contributed by atoms with Gasteiger partial charge in [-0.1, -0.05) is 6.07 Å². The van der Waals surface area contributed by atoms with Crippen molar-refractivity contribution in [1.29, 1.82) is 5.26 Å². The van der Waals surface area contributed by atoms with Gasteiger partial charge < -0.3 is 14.4 Å². The van der Waals surface area contributed by atoms with Crippen molar-refractivity contribution in [3.8, 4) is 17.6 Å². The van der Waals surface area contributed by atoms with Gasteiger partial charge in [-0.2, -0.15) is 5.26 Å². The highest BCUT2D eigenvalue weighted by molar-refractivity contribution is 5.79. The van der Waals surface area contributed by atoms with Gasteiger partial charge in [0.25, 0.3) is 0 Å². The average Bonchev–Trinajstić information content (AvgIpc) is 2.97. The van der Waals surface area contributed by atoms with E-state index in [2.05, 4.69) is 6.07 Å². The maximum absolute atomic E-state index is 11.7. The molecule has 0 radical (unpaired) electrons. The Bertz CT molecular complexity index is 536. The van der Waals surface area contributed by atoms with E-state index in [4.69, 9.17) is 14.7 Å². The number of benzene rings is 1. The van der Waals surface area contributed by atoms with Crippen molar-refractivity contribution in [2.75, 3.05) is 6.79 Å². The van der Waals surface area contributed by atoms with Crippen LogP contribution in [-0.2, 0) is 11.3 Å². The van der Waals surface area contributed by atoms with E-state index in [1.807, 2.05) is 18.2 Å². The molecule has 5 nitrogen and oxygen atoms in total. The second-order valence-corrected chi connectivity index (χ2v) is 4.39. The number of rotatable bonds is 2. The number of amides is 1. The molecule has 0 saturated carbocycles. The lowest BCUT2D eigenvalue weighted by atomic mass is 10.1. The Morgan fingerprint density at radius 3 is 3.06 bits per heavy atom. The first-order chi connectivity index (χ1) is 8.78. The number of fused-ring (bicyclic) bond motifs is 1. The largest absolute Gasteiger partial charge is 0.454 e. The molecular weight excluding hydrogens is 232 g/mol. The maximum atomic E-state index is 11.7. The molecule has 1 aromatic carbocycles. The number of ether oxygens (including phenoxy) is 2. The molecule has 92 valence electrons. The van der Waals surface area contributed by atoms with E-state index in [1.165, 1.54) is 0 Å². The molecule has 0 spiro atoms. The van der Waals surface area contributed by atoms with Crippen LogP contribution in [0.15, 0.2) is 18.2 Å². The summed E-state index contributed by atoms with van der Waals surface area (Å²) in [5.74, 6) is 1.47. The van der Waals surface area contributed by atoms with Gasteiger partial charge in [0, 0.05) is 13.0 Å². The molecule has 18 heavy (non-hydrogen) atoms. The molecule has 1 aromatic rings. The van der Waals surface area contributed by atoms with Gasteiger partial charge in [-0.3, -0.25) is 4.79 Å². The zero-order valence-corrected chi connectivity index (χ0v) is 9.76. The molecule has 0 aliphatic carbocycles. The molecule has 0 bridgehead atoms. The number of nitrogens with zero attached hydrogens (tertiary/aromatic N) is 2. The normalized spacial score (nSPS) is 21.2. The SMILES string of the molecule is N#CC1CCC(=O)N1Cc1ccc2c(c1)OCO2. The summed E-state index contributed by atoms with van der Waals surface area (Å²) in [7, 11) is 0. The van der Waals surface area contributed by atoms with Crippen molar-refractivity contribution in [1.82, 2.24) is 4.90 Å². The summed E-state index contributed by atoms with van der Waals surface area (Å²) < 4.78 is 10.5. The van der Waals surface area contributed by atoms with E-state index in [-0.39, 0.29) is 18.7 Å². The van der Waals surface area contributed by atoms with Crippen LogP contribution in [0.5, 0.6) is 11.5 Å². The molecule has 2 aliphatic heterocycles. The minimum Gasteiger partial charge on any atom is -0.454 e. The maximum Gasteiger partial charge on any atom is 0.231 e. The van der Waals surface area contributed by atoms with Crippen LogP contribution >= 0.6 is 0 Å². The molecule has 0 aromatic heterocycles. The third-order valence-electron chi connectivity index (χ3n) is 3.27. The van der Waals surface area contributed by atoms with Crippen LogP contribution in [0.25, 0.3) is 0 Å². The fourth-order valence-electron chi connectivity index (χ4n) is 2.30. The van der Waals surface area contributed by atoms with Crippen LogP contribution in [-0.4, -0.2) is 23.6 Å². The molecule has 1 atom stereocenters. The molecule has 5 heteroatoms. The van der Waals surface area contributed by atoms with Crippen LogP contribution in [0, 0.1) is 11.3 Å². The Hall–Kier alpha value is -2.22. The molecule has 0 N–H and O–H groups in total. The smallest absolute Gasteiger partial charge is 0.231 e. The Labute approximate surface area is 105 Å². The van der Waals surface area contributed by atoms with Crippen molar-refractivity contribution >= 4 is 5.91 Å². The van der Waals surface area contributed by atoms with Crippen LogP contribution < -0.4 is 9.47 Å². The topological polar surface area (TPSA) is 62.6 Å². The summed E-state index contributed by atoms with van der Waals surface area (Å²) in [6.45, 7) is 0.690. The lowest BCUT2D eigenvalue weighted by Crippen LogP contribution is -2.31. The number of hydrogen-bond acceptors (Lipinski definition) is 4. The van der Waals surface area contributed by atoms with E-state index in [0.29, 0.717) is 25.1 Å². The quantitative estimate of drug-likeness (QED) is 0.789. The first-order valence-electron chi connectivity index (χ1n) is 5.85. The molecule has 1 saturated heterocycles. The number of nitriles is 1. The van der Waals surface area contributed by atoms with E-state index in [1.54, 1.807) is 4.90 Å². The molecule has 1 amide bonds. The summed E-state index contributed by atoms with van der Waals surface area (Å²) in [6.07, 6.45) is 1.09. The highest BCUT2D eigenvalue weighted by Crippen LogP contribution is 2.33. The van der Waals surface area contributed by atoms with E-state index >= 15 is 0 Å². The van der Waals surface area contributed by atoms with Crippen molar-refractivity contribution in [3.05, 3.63) is 23.8 Å². The fraction of sp³-hybridized carbons (Fsp3) is 0.385. The van der Waals surface area contributed by atoms with Crippen molar-refractivity contribution in [2.45, 2.75) is 25.4 Å². The summed E-state index contributed by atoms with van der Waals surface area (Å²) in [5, 5.41) is 9.00. The van der Waals surface area contributed by atoms with Crippen molar-refractivity contribution in [2.24, 2.45) is 0 Å². The Balaban J connectivity index is 1.80. The minimum atomic E-state index is -0.303. The van der Waals surface area contributed by atoms with Crippen LogP contribution in [0.1, 0.15) is 18.4 Å². The average molecular weight is 244 g/mol. The van der Waals surface area contributed by atoms with Crippen molar-refractivity contribution < 1.29 is 14.3 Å². The third kappa shape index (κ3) is 1.76. The Kier molecular flexibility index (Phi) is 2.56. The third-order valence-corrected chi connectivity index (χ3v) is 3.27. The lowest BCUT2D eigenvalue weighted by Gasteiger charge is -2.19. The minimum absolute atomic E-state index is 0.0409. The van der Waals surface area contributed by atoms with Gasteiger partial charge in [-0.15, -0.1) is 0 Å². The van der Waals surface area contributed by atoms with E-state index in [9.17, 15) is 4.79 Å². The predicted octanol–water partition coefficient (Wildman–Crippen LogP) is 1.43. The molecular formula is C13H12N2O3. The van der Waals surface area contributed by atoms with E-state index in [0.717, 1.165) is 11.3 Å². The lowest BCUT2D eigenvalue weighted by molar-refractivity contribution is -0.128. The molecule has 1 fully saturated rings. The van der Waals surface area contributed by atoms with Gasteiger partial charge in [0.1, 0.15) is 6.04 Å². The second kappa shape index (κ2) is 4.22. The molecule has 2 aliphatic rings. The fourth-order valence-corrected chi connectivity index (χ4v) is 2.30. The van der Waals surface area contributed by atoms with Crippen LogP contribution in [0.2, 0.25) is 0 Å². The van der Waals surface area contributed by atoms with Gasteiger partial charge in [0.2, 0.25) is 12.7 Å². The molecule has 1 unspecified atom stereocenters. The zero-order valence-electron chi connectivity index (χ0n) is 9.76. The Morgan fingerprint density at radius 1 is 1.39 bits per heavy atom. The number of carbonyl (C=O) groups excluding carboxylic acids is 1. The summed E-state index contributed by atoms with van der Waals surface area (Å²) in [6, 6.07) is 7.46. The van der Waals surface area contributed by atoms with Gasteiger partial charge in [-0.25, -0.2) is 0 Å². The number of carbonyl (C=O) groups is 1. The van der Waals surface area contributed by atoms with Gasteiger partial charge in [-0.05, 0) is 24.1 Å². The van der Waals surface area contributed by atoms with E-state index < -0.39 is 0 Å². The highest BCUT2D eigenvalue weighted by atomic mass is 16.7. The second-order valence-electron chi connectivity index (χ2n) is 4.39. The molecule has 3 rings (SSSR count). The summed E-state index contributed by atoms with van der Waals surface area (Å²) >= 11 is 0. The highest BCUT2D eigenvalue weighted by Gasteiger charge is 2.30.